The topological polar surface area (TPSA) is 30.7 Å². The van der Waals surface area contributed by atoms with E-state index in [4.69, 9.17) is 0 Å². The first-order valence-corrected chi connectivity index (χ1v) is 4.63. The number of hydrogen-bond acceptors (Lipinski definition) is 2. The lowest BCUT2D eigenvalue weighted by atomic mass is 10.2. The zero-order valence-corrected chi connectivity index (χ0v) is 8.65. The molecule has 72 valence electrons. The summed E-state index contributed by atoms with van der Waals surface area (Å²) in [6.07, 6.45) is 3.58. The molecule has 0 spiro atoms. The fraction of sp³-hybridized carbons (Fsp3) is 0.273. The highest BCUT2D eigenvalue weighted by Gasteiger charge is 2.07. The number of aromatic nitrogens is 3. The first-order valence-electron chi connectivity index (χ1n) is 4.63. The summed E-state index contributed by atoms with van der Waals surface area (Å²) in [6.45, 7) is 6.18. The fourth-order valence-corrected chi connectivity index (χ4v) is 1.45. The second kappa shape index (κ2) is 3.25. The van der Waals surface area contributed by atoms with Gasteiger partial charge in [-0.05, 0) is 38.5 Å². The largest absolute Gasteiger partial charge is 0.262 e. The number of aryl methyl sites for hydroxylation is 1. The predicted molar refractivity (Wildman–Crippen MR) is 55.6 cm³/mol. The molecule has 0 saturated carbocycles. The molecule has 0 aromatic carbocycles. The number of pyridine rings is 1. The van der Waals surface area contributed by atoms with Crippen LogP contribution in [0.4, 0.5) is 0 Å². The maximum atomic E-state index is 4.46. The molecule has 2 rings (SSSR count). The summed E-state index contributed by atoms with van der Waals surface area (Å²) in [5.74, 6) is 0. The van der Waals surface area contributed by atoms with Gasteiger partial charge in [0, 0.05) is 11.9 Å². The van der Waals surface area contributed by atoms with Gasteiger partial charge in [0.05, 0.1) is 17.6 Å². The van der Waals surface area contributed by atoms with Crippen LogP contribution in [0.2, 0.25) is 0 Å². The van der Waals surface area contributed by atoms with Crippen molar-refractivity contribution < 1.29 is 0 Å². The summed E-state index contributed by atoms with van der Waals surface area (Å²) in [7, 11) is 0. The van der Waals surface area contributed by atoms with Gasteiger partial charge in [-0.2, -0.15) is 5.10 Å². The first kappa shape index (κ1) is 8.94. The third-order valence-corrected chi connectivity index (χ3v) is 2.54. The molecule has 3 heteroatoms. The average molecular weight is 187 g/mol. The molecule has 0 unspecified atom stereocenters. The van der Waals surface area contributed by atoms with E-state index in [2.05, 4.69) is 23.9 Å². The predicted octanol–water partition coefficient (Wildman–Crippen LogP) is 2.19. The van der Waals surface area contributed by atoms with Crippen molar-refractivity contribution in [3.05, 3.63) is 41.5 Å². The van der Waals surface area contributed by atoms with E-state index in [0.717, 1.165) is 11.4 Å². The Labute approximate surface area is 83.4 Å². The molecule has 0 radical (unpaired) electrons. The van der Waals surface area contributed by atoms with Crippen LogP contribution in [0.5, 0.6) is 0 Å². The Morgan fingerprint density at radius 3 is 2.50 bits per heavy atom. The molecule has 2 aromatic heterocycles. The highest BCUT2D eigenvalue weighted by Crippen LogP contribution is 2.15. The number of nitrogens with zero attached hydrogens (tertiary/aromatic N) is 3. The number of rotatable bonds is 1. The van der Waals surface area contributed by atoms with Gasteiger partial charge in [0.2, 0.25) is 0 Å². The van der Waals surface area contributed by atoms with E-state index in [1.165, 1.54) is 11.3 Å². The Bertz CT molecular complexity index is 443. The zero-order valence-electron chi connectivity index (χ0n) is 8.65. The van der Waals surface area contributed by atoms with Crippen LogP contribution >= 0.6 is 0 Å². The van der Waals surface area contributed by atoms with Crippen molar-refractivity contribution in [1.29, 1.82) is 0 Å². The normalized spacial score (nSPS) is 10.5. The Morgan fingerprint density at radius 2 is 2.00 bits per heavy atom. The van der Waals surface area contributed by atoms with E-state index in [0.29, 0.717) is 0 Å². The Balaban J connectivity index is 2.58. The lowest BCUT2D eigenvalue weighted by molar-refractivity contribution is 0.828. The molecule has 0 aliphatic heterocycles. The minimum absolute atomic E-state index is 1.02. The molecule has 2 heterocycles. The standard InChI is InChI=1S/C11H13N3/c1-8-9(2)13-14(10(8)3)11-5-4-6-12-7-11/h4-7H,1-3H3. The fourth-order valence-electron chi connectivity index (χ4n) is 1.45. The highest BCUT2D eigenvalue weighted by molar-refractivity contribution is 5.34. The molecule has 0 bridgehead atoms. The molecular formula is C11H13N3. The second-order valence-electron chi connectivity index (χ2n) is 3.42. The van der Waals surface area contributed by atoms with E-state index in [1.807, 2.05) is 29.9 Å². The molecule has 0 amide bonds. The average Bonchev–Trinajstić information content (AvgIpc) is 2.47. The maximum Gasteiger partial charge on any atom is 0.0832 e. The lowest BCUT2D eigenvalue weighted by Gasteiger charge is -2.02. The molecule has 0 fully saturated rings. The number of hydrogen-bond donors (Lipinski definition) is 0. The van der Waals surface area contributed by atoms with E-state index < -0.39 is 0 Å². The van der Waals surface area contributed by atoms with Crippen molar-refractivity contribution in [2.45, 2.75) is 20.8 Å². The van der Waals surface area contributed by atoms with Gasteiger partial charge in [0.15, 0.2) is 0 Å². The molecule has 0 aliphatic carbocycles. The van der Waals surface area contributed by atoms with Crippen LogP contribution in [-0.4, -0.2) is 14.8 Å². The van der Waals surface area contributed by atoms with Crippen LogP contribution in [0.3, 0.4) is 0 Å². The van der Waals surface area contributed by atoms with E-state index in [9.17, 15) is 0 Å². The summed E-state index contributed by atoms with van der Waals surface area (Å²) in [4.78, 5) is 4.08. The van der Waals surface area contributed by atoms with Gasteiger partial charge in [0.25, 0.3) is 0 Å². The molecule has 0 N–H and O–H groups in total. The van der Waals surface area contributed by atoms with Gasteiger partial charge < -0.3 is 0 Å². The van der Waals surface area contributed by atoms with Gasteiger partial charge in [0.1, 0.15) is 0 Å². The molecule has 0 atom stereocenters. The molecule has 2 aromatic rings. The summed E-state index contributed by atoms with van der Waals surface area (Å²) in [6, 6.07) is 3.92. The first-order chi connectivity index (χ1) is 6.70. The third kappa shape index (κ3) is 1.31. The van der Waals surface area contributed by atoms with Gasteiger partial charge in [-0.1, -0.05) is 0 Å². The second-order valence-corrected chi connectivity index (χ2v) is 3.42. The van der Waals surface area contributed by atoms with Gasteiger partial charge >= 0.3 is 0 Å². The van der Waals surface area contributed by atoms with Gasteiger partial charge in [-0.3, -0.25) is 4.98 Å². The molecular weight excluding hydrogens is 174 g/mol. The van der Waals surface area contributed by atoms with E-state index in [1.54, 1.807) is 6.20 Å². The Kier molecular flexibility index (Phi) is 2.08. The summed E-state index contributed by atoms with van der Waals surface area (Å²) < 4.78 is 1.93. The van der Waals surface area contributed by atoms with Crippen molar-refractivity contribution in [2.24, 2.45) is 0 Å². The van der Waals surface area contributed by atoms with E-state index in [-0.39, 0.29) is 0 Å². The van der Waals surface area contributed by atoms with Crippen molar-refractivity contribution >= 4 is 0 Å². The third-order valence-electron chi connectivity index (χ3n) is 2.54. The van der Waals surface area contributed by atoms with Crippen LogP contribution in [0.1, 0.15) is 17.0 Å². The lowest BCUT2D eigenvalue weighted by Crippen LogP contribution is -1.99. The van der Waals surface area contributed by atoms with Crippen LogP contribution in [0.25, 0.3) is 5.69 Å². The SMILES string of the molecule is Cc1nn(-c2cccnc2)c(C)c1C. The van der Waals surface area contributed by atoms with Crippen LogP contribution in [-0.2, 0) is 0 Å². The van der Waals surface area contributed by atoms with Crippen molar-refractivity contribution in [2.75, 3.05) is 0 Å². The van der Waals surface area contributed by atoms with Crippen molar-refractivity contribution in [3.63, 3.8) is 0 Å². The monoisotopic (exact) mass is 187 g/mol. The Morgan fingerprint density at radius 1 is 1.21 bits per heavy atom. The molecule has 14 heavy (non-hydrogen) atoms. The minimum atomic E-state index is 1.02. The van der Waals surface area contributed by atoms with E-state index >= 15 is 0 Å². The van der Waals surface area contributed by atoms with Crippen LogP contribution in [0.15, 0.2) is 24.5 Å². The quantitative estimate of drug-likeness (QED) is 0.685. The summed E-state index contributed by atoms with van der Waals surface area (Å²) in [5, 5.41) is 4.46. The van der Waals surface area contributed by atoms with Crippen LogP contribution < -0.4 is 0 Å². The molecule has 0 saturated heterocycles. The Hall–Kier alpha value is -1.64. The van der Waals surface area contributed by atoms with Gasteiger partial charge in [-0.15, -0.1) is 0 Å². The zero-order chi connectivity index (χ0) is 10.1. The van der Waals surface area contributed by atoms with Gasteiger partial charge in [-0.25, -0.2) is 4.68 Å². The summed E-state index contributed by atoms with van der Waals surface area (Å²) >= 11 is 0. The maximum absolute atomic E-state index is 4.46. The minimum Gasteiger partial charge on any atom is -0.262 e. The smallest absolute Gasteiger partial charge is 0.0832 e. The molecule has 3 nitrogen and oxygen atoms in total. The molecule has 0 aliphatic rings. The van der Waals surface area contributed by atoms with Crippen molar-refractivity contribution in [1.82, 2.24) is 14.8 Å². The highest BCUT2D eigenvalue weighted by atomic mass is 15.3. The van der Waals surface area contributed by atoms with Crippen LogP contribution in [0, 0.1) is 20.8 Å². The van der Waals surface area contributed by atoms with Crippen molar-refractivity contribution in [3.8, 4) is 5.69 Å². The summed E-state index contributed by atoms with van der Waals surface area (Å²) in [5.41, 5.74) is 4.51.